The first-order chi connectivity index (χ1) is 9.16. The first-order valence-corrected chi connectivity index (χ1v) is 7.71. The number of thioether (sulfide) groups is 1. The van der Waals surface area contributed by atoms with Crippen molar-refractivity contribution in [2.75, 3.05) is 0 Å². The molecule has 1 unspecified atom stereocenters. The lowest BCUT2D eigenvalue weighted by Gasteiger charge is -2.13. The number of primary amides is 1. The first-order valence-electron chi connectivity index (χ1n) is 5.87. The topological polar surface area (TPSA) is 43.1 Å². The average Bonchev–Trinajstić information content (AvgIpc) is 2.42. The summed E-state index contributed by atoms with van der Waals surface area (Å²) in [7, 11) is 0. The van der Waals surface area contributed by atoms with Gasteiger partial charge in [0.1, 0.15) is 5.25 Å². The molecule has 0 radical (unpaired) electrons. The van der Waals surface area contributed by atoms with Gasteiger partial charge in [0.15, 0.2) is 0 Å². The van der Waals surface area contributed by atoms with Crippen LogP contribution < -0.4 is 5.73 Å². The summed E-state index contributed by atoms with van der Waals surface area (Å²) in [6.07, 6.45) is 0. The second-order valence-corrected chi connectivity index (χ2v) is 6.14. The highest BCUT2D eigenvalue weighted by Crippen LogP contribution is 2.31. The summed E-state index contributed by atoms with van der Waals surface area (Å²) in [5.41, 5.74) is 7.62. The Morgan fingerprint density at radius 2 is 1.74 bits per heavy atom. The van der Waals surface area contributed by atoms with Crippen molar-refractivity contribution < 1.29 is 4.79 Å². The minimum Gasteiger partial charge on any atom is -0.368 e. The fourth-order valence-electron chi connectivity index (χ4n) is 1.73. The molecule has 0 saturated carbocycles. The summed E-state index contributed by atoms with van der Waals surface area (Å²) in [5, 5.41) is -0.301. The molecule has 98 valence electrons. The van der Waals surface area contributed by atoms with Gasteiger partial charge in [-0.3, -0.25) is 4.79 Å². The van der Waals surface area contributed by atoms with Gasteiger partial charge in [-0.15, -0.1) is 11.8 Å². The highest BCUT2D eigenvalue weighted by atomic mass is 79.9. The van der Waals surface area contributed by atoms with Crippen LogP contribution in [0.5, 0.6) is 0 Å². The molecule has 0 aromatic heterocycles. The van der Waals surface area contributed by atoms with Gasteiger partial charge in [0.05, 0.1) is 0 Å². The lowest BCUT2D eigenvalue weighted by molar-refractivity contribution is -0.117. The van der Waals surface area contributed by atoms with Crippen LogP contribution in [0.4, 0.5) is 0 Å². The molecule has 19 heavy (non-hydrogen) atoms. The van der Waals surface area contributed by atoms with Gasteiger partial charge in [-0.2, -0.15) is 0 Å². The van der Waals surface area contributed by atoms with Crippen LogP contribution in [0.1, 0.15) is 16.4 Å². The van der Waals surface area contributed by atoms with Crippen LogP contribution in [0.15, 0.2) is 59.1 Å². The minimum atomic E-state index is -0.301. The van der Waals surface area contributed by atoms with Gasteiger partial charge < -0.3 is 5.73 Å². The molecule has 2 rings (SSSR count). The SMILES string of the molecule is NC(=O)C(SCc1ccc(Br)cc1)c1ccccc1. The van der Waals surface area contributed by atoms with E-state index in [4.69, 9.17) is 5.73 Å². The van der Waals surface area contributed by atoms with Crippen molar-refractivity contribution in [3.05, 3.63) is 70.2 Å². The van der Waals surface area contributed by atoms with E-state index >= 15 is 0 Å². The third-order valence-electron chi connectivity index (χ3n) is 2.69. The maximum absolute atomic E-state index is 11.6. The van der Waals surface area contributed by atoms with Crippen LogP contribution in [0.2, 0.25) is 0 Å². The van der Waals surface area contributed by atoms with E-state index < -0.39 is 0 Å². The molecule has 2 nitrogen and oxygen atoms in total. The van der Waals surface area contributed by atoms with Gasteiger partial charge in [-0.25, -0.2) is 0 Å². The number of rotatable bonds is 5. The van der Waals surface area contributed by atoms with Crippen LogP contribution in [0.25, 0.3) is 0 Å². The van der Waals surface area contributed by atoms with Crippen LogP contribution in [-0.2, 0) is 10.5 Å². The normalized spacial score (nSPS) is 12.1. The summed E-state index contributed by atoms with van der Waals surface area (Å²) >= 11 is 4.96. The summed E-state index contributed by atoms with van der Waals surface area (Å²) < 4.78 is 1.05. The molecule has 0 aliphatic heterocycles. The molecular weight excluding hydrogens is 322 g/mol. The second kappa shape index (κ2) is 6.78. The fraction of sp³-hybridized carbons (Fsp3) is 0.133. The van der Waals surface area contributed by atoms with Gasteiger partial charge in [-0.1, -0.05) is 58.4 Å². The van der Waals surface area contributed by atoms with Crippen molar-refractivity contribution in [2.24, 2.45) is 5.73 Å². The average molecular weight is 336 g/mol. The molecule has 4 heteroatoms. The number of halogens is 1. The second-order valence-electron chi connectivity index (χ2n) is 4.13. The van der Waals surface area contributed by atoms with Gasteiger partial charge in [0, 0.05) is 10.2 Å². The largest absolute Gasteiger partial charge is 0.368 e. The Morgan fingerprint density at radius 1 is 1.11 bits per heavy atom. The van der Waals surface area contributed by atoms with E-state index in [-0.39, 0.29) is 11.2 Å². The number of benzene rings is 2. The van der Waals surface area contributed by atoms with Crippen molar-refractivity contribution >= 4 is 33.6 Å². The van der Waals surface area contributed by atoms with E-state index in [1.54, 1.807) is 11.8 Å². The van der Waals surface area contributed by atoms with Crippen molar-refractivity contribution in [3.8, 4) is 0 Å². The van der Waals surface area contributed by atoms with Crippen LogP contribution in [0, 0.1) is 0 Å². The van der Waals surface area contributed by atoms with Gasteiger partial charge in [0.25, 0.3) is 0 Å². The van der Waals surface area contributed by atoms with E-state index in [0.717, 1.165) is 15.8 Å². The molecule has 2 aromatic rings. The Bertz CT molecular complexity index is 542. The van der Waals surface area contributed by atoms with E-state index in [1.165, 1.54) is 5.56 Å². The maximum Gasteiger partial charge on any atom is 0.235 e. The molecule has 1 atom stereocenters. The zero-order valence-electron chi connectivity index (χ0n) is 10.3. The van der Waals surface area contributed by atoms with Crippen LogP contribution in [-0.4, -0.2) is 5.91 Å². The van der Waals surface area contributed by atoms with E-state index in [1.807, 2.05) is 54.6 Å². The molecule has 1 amide bonds. The zero-order valence-corrected chi connectivity index (χ0v) is 12.7. The summed E-state index contributed by atoms with van der Waals surface area (Å²) in [6.45, 7) is 0. The quantitative estimate of drug-likeness (QED) is 0.900. The molecule has 0 spiro atoms. The Hall–Kier alpha value is -1.26. The number of nitrogens with two attached hydrogens (primary N) is 1. The predicted molar refractivity (Wildman–Crippen MR) is 83.8 cm³/mol. The number of hydrogen-bond donors (Lipinski definition) is 1. The number of carbonyl (C=O) groups is 1. The number of hydrogen-bond acceptors (Lipinski definition) is 2. The Morgan fingerprint density at radius 3 is 2.32 bits per heavy atom. The van der Waals surface area contributed by atoms with Gasteiger partial charge >= 0.3 is 0 Å². The number of amides is 1. The third-order valence-corrected chi connectivity index (χ3v) is 4.56. The Labute approximate surface area is 125 Å². The van der Waals surface area contributed by atoms with Gasteiger partial charge in [-0.05, 0) is 23.3 Å². The van der Waals surface area contributed by atoms with Crippen molar-refractivity contribution in [1.82, 2.24) is 0 Å². The highest BCUT2D eigenvalue weighted by Gasteiger charge is 2.17. The molecule has 0 saturated heterocycles. The monoisotopic (exact) mass is 335 g/mol. The molecule has 2 N–H and O–H groups in total. The summed E-state index contributed by atoms with van der Waals surface area (Å²) in [4.78, 5) is 11.6. The Balaban J connectivity index is 2.06. The minimum absolute atomic E-state index is 0.298. The predicted octanol–water partition coefficient (Wildman–Crippen LogP) is 3.91. The van der Waals surface area contributed by atoms with Crippen molar-refractivity contribution in [1.29, 1.82) is 0 Å². The molecule has 0 aliphatic rings. The summed E-state index contributed by atoms with van der Waals surface area (Å²) in [6, 6.07) is 17.7. The zero-order chi connectivity index (χ0) is 13.7. The smallest absolute Gasteiger partial charge is 0.235 e. The molecule has 0 fully saturated rings. The van der Waals surface area contributed by atoms with E-state index in [2.05, 4.69) is 15.9 Å². The van der Waals surface area contributed by atoms with Crippen molar-refractivity contribution in [2.45, 2.75) is 11.0 Å². The number of carbonyl (C=O) groups excluding carboxylic acids is 1. The van der Waals surface area contributed by atoms with E-state index in [9.17, 15) is 4.79 Å². The molecule has 2 aromatic carbocycles. The molecule has 0 bridgehead atoms. The van der Waals surface area contributed by atoms with Crippen LogP contribution >= 0.6 is 27.7 Å². The summed E-state index contributed by atoms with van der Waals surface area (Å²) in [5.74, 6) is 0.462. The van der Waals surface area contributed by atoms with Crippen molar-refractivity contribution in [3.63, 3.8) is 0 Å². The lowest BCUT2D eigenvalue weighted by Crippen LogP contribution is -2.19. The molecule has 0 heterocycles. The molecular formula is C15H14BrNOS. The Kier molecular flexibility index (Phi) is 5.05. The lowest BCUT2D eigenvalue weighted by atomic mass is 10.1. The van der Waals surface area contributed by atoms with Gasteiger partial charge in [0.2, 0.25) is 5.91 Å². The molecule has 0 aliphatic carbocycles. The first kappa shape index (κ1) is 14.2. The highest BCUT2D eigenvalue weighted by molar-refractivity contribution is 9.10. The maximum atomic E-state index is 11.6. The van der Waals surface area contributed by atoms with Crippen LogP contribution in [0.3, 0.4) is 0 Å². The standard InChI is InChI=1S/C15H14BrNOS/c16-13-8-6-11(7-9-13)10-19-14(15(17)18)12-4-2-1-3-5-12/h1-9,14H,10H2,(H2,17,18). The van der Waals surface area contributed by atoms with E-state index in [0.29, 0.717) is 0 Å². The fourth-order valence-corrected chi connectivity index (χ4v) is 3.06. The third kappa shape index (κ3) is 4.11.